The number of piperazine rings is 1. The van der Waals surface area contributed by atoms with Gasteiger partial charge < -0.3 is 15.1 Å². The Morgan fingerprint density at radius 2 is 1.89 bits per heavy atom. The summed E-state index contributed by atoms with van der Waals surface area (Å²) in [5, 5.41) is 4.35. The number of urea groups is 1. The molecule has 3 aromatic rings. The van der Waals surface area contributed by atoms with Crippen molar-refractivity contribution in [1.29, 1.82) is 0 Å². The van der Waals surface area contributed by atoms with Gasteiger partial charge >= 0.3 is 6.03 Å². The monoisotopic (exact) mass is 491 g/mol. The van der Waals surface area contributed by atoms with Crippen LogP contribution in [0.15, 0.2) is 24.3 Å². The Kier molecular flexibility index (Phi) is 7.23. The maximum absolute atomic E-state index is 12.9. The summed E-state index contributed by atoms with van der Waals surface area (Å²) in [6, 6.07) is 8.11. The molecular formula is C28H37N5OS. The van der Waals surface area contributed by atoms with Crippen LogP contribution >= 0.6 is 11.3 Å². The maximum Gasteiger partial charge on any atom is 0.321 e. The minimum atomic E-state index is -0.0210. The van der Waals surface area contributed by atoms with Gasteiger partial charge in [0.15, 0.2) is 0 Å². The molecule has 7 heteroatoms. The Balaban J connectivity index is 1.34. The van der Waals surface area contributed by atoms with E-state index in [4.69, 9.17) is 9.97 Å². The van der Waals surface area contributed by atoms with Crippen LogP contribution in [-0.4, -0.2) is 47.1 Å². The van der Waals surface area contributed by atoms with Gasteiger partial charge in [-0.1, -0.05) is 39.3 Å². The number of fused-ring (bicyclic) bond motifs is 3. The maximum atomic E-state index is 12.9. The highest BCUT2D eigenvalue weighted by atomic mass is 32.1. The van der Waals surface area contributed by atoms with E-state index in [2.05, 4.69) is 43.1 Å². The predicted octanol–water partition coefficient (Wildman–Crippen LogP) is 6.08. The fourth-order valence-electron chi connectivity index (χ4n) is 5.19. The molecule has 1 N–H and O–H groups in total. The molecule has 35 heavy (non-hydrogen) atoms. The number of benzene rings is 1. The largest absolute Gasteiger partial charge is 0.352 e. The third-order valence-corrected chi connectivity index (χ3v) is 8.56. The summed E-state index contributed by atoms with van der Waals surface area (Å²) in [6.07, 6.45) is 7.71. The number of carbonyl (C=O) groups is 1. The minimum Gasteiger partial charge on any atom is -0.352 e. The van der Waals surface area contributed by atoms with Crippen molar-refractivity contribution in [2.45, 2.75) is 65.7 Å². The fourth-order valence-corrected chi connectivity index (χ4v) is 6.59. The number of nitrogens with one attached hydrogen (secondary N) is 1. The van der Waals surface area contributed by atoms with Gasteiger partial charge in [0.1, 0.15) is 16.5 Å². The lowest BCUT2D eigenvalue weighted by molar-refractivity contribution is 0.208. The molecule has 6 nitrogen and oxygen atoms in total. The van der Waals surface area contributed by atoms with E-state index >= 15 is 0 Å². The van der Waals surface area contributed by atoms with Crippen LogP contribution in [0.5, 0.6) is 0 Å². The lowest BCUT2D eigenvalue weighted by Crippen LogP contribution is -2.50. The molecule has 0 radical (unpaired) electrons. The molecule has 0 saturated carbocycles. The number of hydrogen-bond donors (Lipinski definition) is 1. The molecule has 1 saturated heterocycles. The topological polar surface area (TPSA) is 61.4 Å². The zero-order valence-corrected chi connectivity index (χ0v) is 22.1. The summed E-state index contributed by atoms with van der Waals surface area (Å²) in [7, 11) is 0. The van der Waals surface area contributed by atoms with Crippen molar-refractivity contribution < 1.29 is 4.79 Å². The van der Waals surface area contributed by atoms with Gasteiger partial charge in [-0.15, -0.1) is 11.3 Å². The average Bonchev–Trinajstić information content (AvgIpc) is 3.24. The van der Waals surface area contributed by atoms with Gasteiger partial charge in [0.25, 0.3) is 0 Å². The summed E-state index contributed by atoms with van der Waals surface area (Å²) in [4.78, 5) is 30.0. The van der Waals surface area contributed by atoms with Gasteiger partial charge in [0.2, 0.25) is 0 Å². The molecule has 3 heterocycles. The average molecular weight is 492 g/mol. The molecule has 5 rings (SSSR count). The van der Waals surface area contributed by atoms with E-state index in [1.807, 2.05) is 28.4 Å². The summed E-state index contributed by atoms with van der Waals surface area (Å²) in [5.74, 6) is 2.81. The molecule has 1 aromatic carbocycles. The van der Waals surface area contributed by atoms with E-state index in [-0.39, 0.29) is 6.03 Å². The predicted molar refractivity (Wildman–Crippen MR) is 146 cm³/mol. The van der Waals surface area contributed by atoms with Crippen molar-refractivity contribution in [2.24, 2.45) is 5.92 Å². The van der Waals surface area contributed by atoms with Crippen molar-refractivity contribution in [2.75, 3.05) is 36.4 Å². The second-order valence-electron chi connectivity index (χ2n) is 10.1. The first kappa shape index (κ1) is 24.0. The number of thiophene rings is 1. The molecule has 1 fully saturated rings. The molecule has 1 aliphatic carbocycles. The highest BCUT2D eigenvalue weighted by molar-refractivity contribution is 7.19. The van der Waals surface area contributed by atoms with Gasteiger partial charge in [-0.3, -0.25) is 0 Å². The number of amides is 2. The Hall–Kier alpha value is -2.67. The number of unbranched alkanes of at least 4 members (excludes halogenated alkanes) is 1. The number of anilines is 2. The normalized spacial score (nSPS) is 18.1. The van der Waals surface area contributed by atoms with Crippen molar-refractivity contribution in [1.82, 2.24) is 14.9 Å². The number of nitrogens with zero attached hydrogens (tertiary/aromatic N) is 4. The van der Waals surface area contributed by atoms with Crippen LogP contribution in [0.25, 0.3) is 10.2 Å². The van der Waals surface area contributed by atoms with Gasteiger partial charge in [-0.25, -0.2) is 14.8 Å². The summed E-state index contributed by atoms with van der Waals surface area (Å²) >= 11 is 1.89. The molecular weight excluding hydrogens is 454 g/mol. The van der Waals surface area contributed by atoms with Crippen molar-refractivity contribution in [3.05, 3.63) is 46.1 Å². The lowest BCUT2D eigenvalue weighted by atomic mass is 9.89. The third-order valence-electron chi connectivity index (χ3n) is 7.42. The van der Waals surface area contributed by atoms with Crippen LogP contribution in [0.4, 0.5) is 16.3 Å². The Morgan fingerprint density at radius 3 is 2.60 bits per heavy atom. The van der Waals surface area contributed by atoms with Gasteiger partial charge in [-0.05, 0) is 61.3 Å². The van der Waals surface area contributed by atoms with E-state index in [1.165, 1.54) is 27.8 Å². The van der Waals surface area contributed by atoms with Gasteiger partial charge in [-0.2, -0.15) is 0 Å². The highest BCUT2D eigenvalue weighted by Gasteiger charge is 2.28. The second-order valence-corrected chi connectivity index (χ2v) is 11.1. The standard InChI is InChI=1S/C28H37N5OS/c1-4-6-7-24-30-26(25-22-13-8-19(3)18-23(22)35-27(25)31-24)32-14-16-33(17-15-32)28(34)29-21-11-9-20(5-2)10-12-21/h9-12,19H,4-8,13-18H2,1-3H3,(H,29,34). The van der Waals surface area contributed by atoms with E-state index in [0.717, 1.165) is 79.7 Å². The zero-order chi connectivity index (χ0) is 24.4. The van der Waals surface area contributed by atoms with Crippen molar-refractivity contribution in [3.63, 3.8) is 0 Å². The molecule has 2 aromatic heterocycles. The molecule has 1 unspecified atom stereocenters. The van der Waals surface area contributed by atoms with Crippen LogP contribution in [-0.2, 0) is 25.7 Å². The lowest BCUT2D eigenvalue weighted by Gasteiger charge is -2.36. The van der Waals surface area contributed by atoms with Crippen molar-refractivity contribution >= 4 is 39.1 Å². The van der Waals surface area contributed by atoms with Crippen LogP contribution in [0.1, 0.15) is 61.9 Å². The molecule has 0 spiro atoms. The first-order chi connectivity index (χ1) is 17.1. The minimum absolute atomic E-state index is 0.0210. The Morgan fingerprint density at radius 1 is 1.11 bits per heavy atom. The molecule has 0 bridgehead atoms. The van der Waals surface area contributed by atoms with Crippen LogP contribution in [0.2, 0.25) is 0 Å². The zero-order valence-electron chi connectivity index (χ0n) is 21.3. The summed E-state index contributed by atoms with van der Waals surface area (Å²) < 4.78 is 0. The SMILES string of the molecule is CCCCc1nc(N2CCN(C(=O)Nc3ccc(CC)cc3)CC2)c2c3c(sc2n1)CC(C)CC3. The molecule has 1 aliphatic heterocycles. The molecule has 1 atom stereocenters. The summed E-state index contributed by atoms with van der Waals surface area (Å²) in [6.45, 7) is 9.68. The smallest absolute Gasteiger partial charge is 0.321 e. The first-order valence-electron chi connectivity index (χ1n) is 13.3. The second kappa shape index (κ2) is 10.5. The van der Waals surface area contributed by atoms with E-state index in [9.17, 15) is 4.79 Å². The molecule has 186 valence electrons. The number of rotatable bonds is 6. The Labute approximate surface area is 212 Å². The van der Waals surface area contributed by atoms with E-state index in [1.54, 1.807) is 0 Å². The molecule has 2 amide bonds. The number of aryl methyl sites for hydroxylation is 3. The number of hydrogen-bond acceptors (Lipinski definition) is 5. The number of aromatic nitrogens is 2. The summed E-state index contributed by atoms with van der Waals surface area (Å²) in [5.41, 5.74) is 3.61. The fraction of sp³-hybridized carbons (Fsp3) is 0.536. The molecule has 2 aliphatic rings. The van der Waals surface area contributed by atoms with Crippen LogP contribution < -0.4 is 10.2 Å². The third kappa shape index (κ3) is 5.15. The van der Waals surface area contributed by atoms with Gasteiger partial charge in [0, 0.05) is 43.2 Å². The van der Waals surface area contributed by atoms with Gasteiger partial charge in [0.05, 0.1) is 5.39 Å². The quantitative estimate of drug-likeness (QED) is 0.454. The highest BCUT2D eigenvalue weighted by Crippen LogP contribution is 2.41. The number of carbonyl (C=O) groups excluding carboxylic acids is 1. The van der Waals surface area contributed by atoms with Crippen LogP contribution in [0.3, 0.4) is 0 Å². The van der Waals surface area contributed by atoms with E-state index < -0.39 is 0 Å². The first-order valence-corrected chi connectivity index (χ1v) is 14.1. The van der Waals surface area contributed by atoms with Crippen LogP contribution in [0, 0.1) is 5.92 Å². The Bertz CT molecular complexity index is 1180. The van der Waals surface area contributed by atoms with Crippen molar-refractivity contribution in [3.8, 4) is 0 Å². The van der Waals surface area contributed by atoms with E-state index in [0.29, 0.717) is 13.1 Å².